The second kappa shape index (κ2) is 13.2. The van der Waals surface area contributed by atoms with Crippen LogP contribution in [-0.2, 0) is 20.9 Å². The molecule has 3 heterocycles. The molecule has 5 amide bonds. The SMILES string of the molecule is COc1nc(-c2cccc(-c3cccc(NC(=O)C4CN(C)C(=O)N(C)C4=O)c3Cl)c2Cl)cnc1CN[C@@H]1CCC(=O)NC1. The molecule has 44 heavy (non-hydrogen) atoms. The van der Waals surface area contributed by atoms with Crippen molar-refractivity contribution in [1.82, 2.24) is 30.4 Å². The van der Waals surface area contributed by atoms with E-state index in [1.807, 2.05) is 6.07 Å². The van der Waals surface area contributed by atoms with Crippen molar-refractivity contribution in [2.24, 2.45) is 5.92 Å². The smallest absolute Gasteiger partial charge is 0.326 e. The van der Waals surface area contributed by atoms with Gasteiger partial charge < -0.3 is 25.6 Å². The molecule has 1 unspecified atom stereocenters. The summed E-state index contributed by atoms with van der Waals surface area (Å²) < 4.78 is 5.53. The number of anilines is 1. The summed E-state index contributed by atoms with van der Waals surface area (Å²) in [4.78, 5) is 60.7. The summed E-state index contributed by atoms with van der Waals surface area (Å²) in [6, 6.07) is 10.2. The van der Waals surface area contributed by atoms with Crippen molar-refractivity contribution in [2.75, 3.05) is 39.6 Å². The Hall–Kier alpha value is -4.26. The van der Waals surface area contributed by atoms with Gasteiger partial charge in [0.05, 0.1) is 34.7 Å². The maximum atomic E-state index is 13.1. The quantitative estimate of drug-likeness (QED) is 0.317. The molecule has 2 aliphatic heterocycles. The summed E-state index contributed by atoms with van der Waals surface area (Å²) in [7, 11) is 4.38. The molecule has 3 N–H and O–H groups in total. The van der Waals surface area contributed by atoms with E-state index in [1.54, 1.807) is 36.5 Å². The number of nitrogens with one attached hydrogen (secondary N) is 3. The third kappa shape index (κ3) is 6.33. The molecule has 12 nitrogen and oxygen atoms in total. The predicted molar refractivity (Wildman–Crippen MR) is 165 cm³/mol. The number of methoxy groups -OCH3 is 1. The standard InChI is InChI=1S/C30H31Cl2N7O5/c1-38-15-20(29(42)39(2)30(38)43)27(41)36-21-9-5-7-18(26(21)32)17-6-4-8-19(25(17)31)22-13-34-23(28(37-22)44-3)14-33-16-10-11-24(40)35-12-16/h4-9,13,16,20,33H,10-12,14-15H2,1-3H3,(H,35,40)(H,36,41)/t16-,20?/m1/s1. The first-order valence-corrected chi connectivity index (χ1v) is 14.7. The molecule has 2 atom stereocenters. The zero-order valence-corrected chi connectivity index (χ0v) is 25.8. The van der Waals surface area contributed by atoms with Gasteiger partial charge in [0.25, 0.3) is 0 Å². The fraction of sp³-hybridized carbons (Fsp3) is 0.333. The lowest BCUT2D eigenvalue weighted by Crippen LogP contribution is -2.56. The first-order valence-electron chi connectivity index (χ1n) is 13.9. The summed E-state index contributed by atoms with van der Waals surface area (Å²) in [6.07, 6.45) is 2.83. The first-order chi connectivity index (χ1) is 21.1. The summed E-state index contributed by atoms with van der Waals surface area (Å²) in [6.45, 7) is 0.919. The van der Waals surface area contributed by atoms with Crippen molar-refractivity contribution in [2.45, 2.75) is 25.4 Å². The van der Waals surface area contributed by atoms with Crippen LogP contribution in [-0.4, -0.2) is 83.9 Å². The average Bonchev–Trinajstić information content (AvgIpc) is 3.02. The molecule has 2 aliphatic rings. The Bertz CT molecular complexity index is 1630. The number of hydrogen-bond donors (Lipinski definition) is 3. The molecular weight excluding hydrogens is 609 g/mol. The van der Waals surface area contributed by atoms with Crippen LogP contribution in [0.25, 0.3) is 22.4 Å². The van der Waals surface area contributed by atoms with Crippen LogP contribution in [0.2, 0.25) is 10.0 Å². The molecule has 2 fully saturated rings. The van der Waals surface area contributed by atoms with E-state index >= 15 is 0 Å². The molecule has 0 radical (unpaired) electrons. The van der Waals surface area contributed by atoms with Gasteiger partial charge in [-0.1, -0.05) is 53.5 Å². The van der Waals surface area contributed by atoms with Crippen LogP contribution >= 0.6 is 23.2 Å². The maximum absolute atomic E-state index is 13.1. The molecule has 0 saturated carbocycles. The van der Waals surface area contributed by atoms with Gasteiger partial charge in [0.1, 0.15) is 11.6 Å². The maximum Gasteiger partial charge on any atom is 0.326 e. The number of urea groups is 1. The number of benzene rings is 2. The molecule has 2 saturated heterocycles. The van der Waals surface area contributed by atoms with Gasteiger partial charge in [-0.2, -0.15) is 0 Å². The van der Waals surface area contributed by atoms with Crippen molar-refractivity contribution in [3.63, 3.8) is 0 Å². The van der Waals surface area contributed by atoms with Gasteiger partial charge in [-0.15, -0.1) is 0 Å². The van der Waals surface area contributed by atoms with Gasteiger partial charge in [-0.3, -0.25) is 24.3 Å². The van der Waals surface area contributed by atoms with Crippen molar-refractivity contribution in [3.05, 3.63) is 58.3 Å². The van der Waals surface area contributed by atoms with Crippen LogP contribution in [0, 0.1) is 5.92 Å². The highest BCUT2D eigenvalue weighted by Crippen LogP contribution is 2.41. The summed E-state index contributed by atoms with van der Waals surface area (Å²) in [5, 5.41) is 9.56. The van der Waals surface area contributed by atoms with Crippen molar-refractivity contribution >= 4 is 52.6 Å². The van der Waals surface area contributed by atoms with E-state index in [9.17, 15) is 19.2 Å². The van der Waals surface area contributed by atoms with E-state index in [0.29, 0.717) is 64.2 Å². The number of ether oxygens (including phenoxy) is 1. The second-order valence-electron chi connectivity index (χ2n) is 10.6. The lowest BCUT2D eigenvalue weighted by molar-refractivity contribution is -0.140. The van der Waals surface area contributed by atoms with E-state index in [1.165, 1.54) is 26.1 Å². The average molecular weight is 641 g/mol. The number of amides is 5. The van der Waals surface area contributed by atoms with Crippen LogP contribution < -0.4 is 20.7 Å². The second-order valence-corrected chi connectivity index (χ2v) is 11.3. The highest BCUT2D eigenvalue weighted by atomic mass is 35.5. The van der Waals surface area contributed by atoms with Crippen LogP contribution in [0.5, 0.6) is 5.88 Å². The predicted octanol–water partition coefficient (Wildman–Crippen LogP) is 3.57. The van der Waals surface area contributed by atoms with Crippen molar-refractivity contribution < 1.29 is 23.9 Å². The number of carbonyl (C=O) groups excluding carboxylic acids is 4. The normalized spacial score (nSPS) is 18.7. The number of imide groups is 1. The monoisotopic (exact) mass is 639 g/mol. The number of aromatic nitrogens is 2. The van der Waals surface area contributed by atoms with E-state index in [-0.39, 0.29) is 23.5 Å². The number of nitrogens with zero attached hydrogens (tertiary/aromatic N) is 4. The molecular formula is C30H31Cl2N7O5. The number of carbonyl (C=O) groups is 4. The molecule has 1 aromatic heterocycles. The van der Waals surface area contributed by atoms with Gasteiger partial charge in [0.15, 0.2) is 0 Å². The topological polar surface area (TPSA) is 146 Å². The summed E-state index contributed by atoms with van der Waals surface area (Å²) in [5.74, 6) is -1.85. The Morgan fingerprint density at radius 3 is 2.48 bits per heavy atom. The third-order valence-corrected chi connectivity index (χ3v) is 8.48. The molecule has 2 aromatic carbocycles. The van der Waals surface area contributed by atoms with Crippen LogP contribution in [0.1, 0.15) is 18.5 Å². The molecule has 14 heteroatoms. The lowest BCUT2D eigenvalue weighted by Gasteiger charge is -2.33. The fourth-order valence-electron chi connectivity index (χ4n) is 5.16. The Morgan fingerprint density at radius 2 is 1.77 bits per heavy atom. The lowest BCUT2D eigenvalue weighted by atomic mass is 10.00. The van der Waals surface area contributed by atoms with Crippen LogP contribution in [0.3, 0.4) is 0 Å². The zero-order valence-electron chi connectivity index (χ0n) is 24.3. The summed E-state index contributed by atoms with van der Waals surface area (Å²) >= 11 is 13.7. The van der Waals surface area contributed by atoms with Crippen LogP contribution in [0.15, 0.2) is 42.6 Å². The van der Waals surface area contributed by atoms with Gasteiger partial charge in [0.2, 0.25) is 23.6 Å². The Kier molecular flexibility index (Phi) is 9.33. The molecule has 230 valence electrons. The van der Waals surface area contributed by atoms with Gasteiger partial charge in [0, 0.05) is 62.9 Å². The van der Waals surface area contributed by atoms with Crippen LogP contribution in [0.4, 0.5) is 10.5 Å². The third-order valence-electron chi connectivity index (χ3n) is 7.67. The Morgan fingerprint density at radius 1 is 1.07 bits per heavy atom. The minimum absolute atomic E-state index is 0.0445. The van der Waals surface area contributed by atoms with E-state index in [4.69, 9.17) is 27.9 Å². The van der Waals surface area contributed by atoms with E-state index < -0.39 is 23.8 Å². The molecule has 0 bridgehead atoms. The molecule has 5 rings (SSSR count). The highest BCUT2D eigenvalue weighted by Gasteiger charge is 2.39. The number of rotatable bonds is 8. The van der Waals surface area contributed by atoms with E-state index in [0.717, 1.165) is 11.3 Å². The van der Waals surface area contributed by atoms with E-state index in [2.05, 4.69) is 25.9 Å². The van der Waals surface area contributed by atoms with Gasteiger partial charge in [-0.05, 0) is 12.5 Å². The highest BCUT2D eigenvalue weighted by molar-refractivity contribution is 6.39. The van der Waals surface area contributed by atoms with Gasteiger partial charge in [-0.25, -0.2) is 9.78 Å². The summed E-state index contributed by atoms with van der Waals surface area (Å²) in [5.41, 5.74) is 3.14. The Labute approximate surface area is 264 Å². The molecule has 3 aromatic rings. The number of hydrogen-bond acceptors (Lipinski definition) is 8. The minimum atomic E-state index is -1.08. The van der Waals surface area contributed by atoms with Crippen molar-refractivity contribution in [1.29, 1.82) is 0 Å². The zero-order chi connectivity index (χ0) is 31.5. The largest absolute Gasteiger partial charge is 0.480 e. The number of halogens is 2. The number of piperidine rings is 1. The molecule has 0 aliphatic carbocycles. The Balaban J connectivity index is 1.37. The molecule has 0 spiro atoms. The first kappa shape index (κ1) is 31.2. The minimum Gasteiger partial charge on any atom is -0.480 e. The fourth-order valence-corrected chi connectivity index (χ4v) is 5.76. The van der Waals surface area contributed by atoms with Gasteiger partial charge >= 0.3 is 6.03 Å². The van der Waals surface area contributed by atoms with Crippen molar-refractivity contribution in [3.8, 4) is 28.3 Å².